The van der Waals surface area contributed by atoms with Gasteiger partial charge in [-0.1, -0.05) is 6.92 Å². The van der Waals surface area contributed by atoms with Crippen molar-refractivity contribution >= 4 is 15.7 Å². The first-order chi connectivity index (χ1) is 9.73. The Morgan fingerprint density at radius 2 is 1.71 bits per heavy atom. The molecule has 5 heteroatoms. The lowest BCUT2D eigenvalue weighted by atomic mass is 9.87. The van der Waals surface area contributed by atoms with Crippen molar-refractivity contribution in [2.75, 3.05) is 12.8 Å². The van der Waals surface area contributed by atoms with Gasteiger partial charge in [0.15, 0.2) is 0 Å². The van der Waals surface area contributed by atoms with Crippen LogP contribution in [0, 0.1) is 19.8 Å². The summed E-state index contributed by atoms with van der Waals surface area (Å²) in [5.74, 6) is 0.703. The third-order valence-corrected chi connectivity index (χ3v) is 6.74. The maximum atomic E-state index is 12.9. The topological polar surface area (TPSA) is 63.4 Å². The van der Waals surface area contributed by atoms with Crippen LogP contribution in [0.15, 0.2) is 17.0 Å². The normalized spacial score (nSPS) is 23.5. The van der Waals surface area contributed by atoms with Crippen LogP contribution in [0.2, 0.25) is 0 Å². The average molecular weight is 310 g/mol. The summed E-state index contributed by atoms with van der Waals surface area (Å²) in [5, 5.41) is 0. The summed E-state index contributed by atoms with van der Waals surface area (Å²) in [7, 11) is -1.78. The summed E-state index contributed by atoms with van der Waals surface area (Å²) in [6.07, 6.45) is 4.08. The van der Waals surface area contributed by atoms with Gasteiger partial charge in [0.2, 0.25) is 10.0 Å². The van der Waals surface area contributed by atoms with E-state index in [0.717, 1.165) is 31.2 Å². The molecule has 0 amide bonds. The lowest BCUT2D eigenvalue weighted by Gasteiger charge is -2.33. The van der Waals surface area contributed by atoms with Gasteiger partial charge in [0, 0.05) is 18.8 Å². The van der Waals surface area contributed by atoms with Crippen LogP contribution in [-0.4, -0.2) is 25.8 Å². The lowest BCUT2D eigenvalue weighted by Crippen LogP contribution is -2.39. The standard InChI is InChI=1S/C16H26N2O2S/c1-11-5-7-14(8-6-11)18(4)21(19,20)16-10-12(2)9-15(17)13(16)3/h9-11,14H,5-8,17H2,1-4H3. The number of anilines is 1. The molecule has 2 N–H and O–H groups in total. The Kier molecular flexibility index (Phi) is 4.63. The van der Waals surface area contributed by atoms with Gasteiger partial charge in [-0.15, -0.1) is 0 Å². The number of benzene rings is 1. The highest BCUT2D eigenvalue weighted by Gasteiger charge is 2.31. The highest BCUT2D eigenvalue weighted by atomic mass is 32.2. The van der Waals surface area contributed by atoms with E-state index in [0.29, 0.717) is 22.1 Å². The minimum absolute atomic E-state index is 0.104. The Balaban J connectivity index is 2.34. The van der Waals surface area contributed by atoms with E-state index in [1.807, 2.05) is 13.0 Å². The molecule has 0 aromatic heterocycles. The van der Waals surface area contributed by atoms with E-state index in [2.05, 4.69) is 6.92 Å². The van der Waals surface area contributed by atoms with Crippen LogP contribution in [0.5, 0.6) is 0 Å². The van der Waals surface area contributed by atoms with Gasteiger partial charge in [0.05, 0.1) is 4.90 Å². The van der Waals surface area contributed by atoms with E-state index in [4.69, 9.17) is 5.73 Å². The molecule has 0 radical (unpaired) electrons. The number of hydrogen-bond acceptors (Lipinski definition) is 3. The smallest absolute Gasteiger partial charge is 0.243 e. The molecule has 1 aliphatic rings. The van der Waals surface area contributed by atoms with Crippen molar-refractivity contribution in [1.29, 1.82) is 0 Å². The van der Waals surface area contributed by atoms with Crippen molar-refractivity contribution in [3.63, 3.8) is 0 Å². The van der Waals surface area contributed by atoms with Crippen molar-refractivity contribution in [2.45, 2.75) is 57.4 Å². The van der Waals surface area contributed by atoms with Gasteiger partial charge < -0.3 is 5.73 Å². The molecule has 1 aliphatic carbocycles. The van der Waals surface area contributed by atoms with Gasteiger partial charge in [-0.2, -0.15) is 4.31 Å². The van der Waals surface area contributed by atoms with Crippen LogP contribution in [0.3, 0.4) is 0 Å². The minimum Gasteiger partial charge on any atom is -0.398 e. The van der Waals surface area contributed by atoms with Crippen LogP contribution in [0.25, 0.3) is 0 Å². The third-order valence-electron chi connectivity index (χ3n) is 4.70. The quantitative estimate of drug-likeness (QED) is 0.873. The zero-order chi connectivity index (χ0) is 15.8. The summed E-state index contributed by atoms with van der Waals surface area (Å²) in [6, 6.07) is 3.65. The number of aryl methyl sites for hydroxylation is 1. The lowest BCUT2D eigenvalue weighted by molar-refractivity contribution is 0.246. The molecular weight excluding hydrogens is 284 g/mol. The van der Waals surface area contributed by atoms with E-state index >= 15 is 0 Å². The summed E-state index contributed by atoms with van der Waals surface area (Å²) < 4.78 is 27.4. The maximum Gasteiger partial charge on any atom is 0.243 e. The molecule has 0 heterocycles. The van der Waals surface area contributed by atoms with Crippen LogP contribution in [0.4, 0.5) is 5.69 Å². The summed E-state index contributed by atoms with van der Waals surface area (Å²) >= 11 is 0. The second-order valence-corrected chi connectivity index (χ2v) is 8.38. The molecule has 0 bridgehead atoms. The molecule has 1 aromatic rings. The van der Waals surface area contributed by atoms with Crippen molar-refractivity contribution in [3.8, 4) is 0 Å². The molecule has 21 heavy (non-hydrogen) atoms. The van der Waals surface area contributed by atoms with Gasteiger partial charge >= 0.3 is 0 Å². The SMILES string of the molecule is Cc1cc(N)c(C)c(S(=O)(=O)N(C)C2CCC(C)CC2)c1. The fourth-order valence-corrected chi connectivity index (χ4v) is 4.83. The third kappa shape index (κ3) is 3.24. The molecule has 1 aromatic carbocycles. The second kappa shape index (κ2) is 5.97. The van der Waals surface area contributed by atoms with Gasteiger partial charge in [-0.3, -0.25) is 0 Å². The fraction of sp³-hybridized carbons (Fsp3) is 0.625. The fourth-order valence-electron chi connectivity index (χ4n) is 3.08. The Labute approximate surface area is 128 Å². The highest BCUT2D eigenvalue weighted by Crippen LogP contribution is 2.31. The second-order valence-electron chi connectivity index (χ2n) is 6.41. The van der Waals surface area contributed by atoms with Crippen molar-refractivity contribution < 1.29 is 8.42 Å². The number of nitrogen functional groups attached to an aromatic ring is 1. The zero-order valence-electron chi connectivity index (χ0n) is 13.4. The van der Waals surface area contributed by atoms with Gasteiger partial charge in [-0.05, 0) is 68.7 Å². The van der Waals surface area contributed by atoms with E-state index in [1.54, 1.807) is 24.3 Å². The van der Waals surface area contributed by atoms with Crippen molar-refractivity contribution in [2.24, 2.45) is 5.92 Å². The van der Waals surface area contributed by atoms with E-state index in [1.165, 1.54) is 0 Å². The Bertz CT molecular complexity index is 617. The number of nitrogens with zero attached hydrogens (tertiary/aromatic N) is 1. The first kappa shape index (κ1) is 16.3. The largest absolute Gasteiger partial charge is 0.398 e. The maximum absolute atomic E-state index is 12.9. The monoisotopic (exact) mass is 310 g/mol. The van der Waals surface area contributed by atoms with Gasteiger partial charge in [0.25, 0.3) is 0 Å². The molecule has 4 nitrogen and oxygen atoms in total. The Hall–Kier alpha value is -1.07. The van der Waals surface area contributed by atoms with Crippen molar-refractivity contribution in [3.05, 3.63) is 23.3 Å². The molecule has 0 aliphatic heterocycles. The number of hydrogen-bond donors (Lipinski definition) is 1. The first-order valence-corrected chi connectivity index (χ1v) is 9.02. The number of nitrogens with two attached hydrogens (primary N) is 1. The molecule has 0 atom stereocenters. The molecular formula is C16H26N2O2S. The Morgan fingerprint density at radius 1 is 1.14 bits per heavy atom. The highest BCUT2D eigenvalue weighted by molar-refractivity contribution is 7.89. The van der Waals surface area contributed by atoms with Gasteiger partial charge in [0.1, 0.15) is 0 Å². The molecule has 1 fully saturated rings. The predicted octanol–water partition coefficient (Wildman–Crippen LogP) is 3.08. The van der Waals surface area contributed by atoms with Crippen LogP contribution in [-0.2, 0) is 10.0 Å². The average Bonchev–Trinajstić information content (AvgIpc) is 2.42. The summed E-state index contributed by atoms with van der Waals surface area (Å²) in [5.41, 5.74) is 8.00. The molecule has 1 saturated carbocycles. The first-order valence-electron chi connectivity index (χ1n) is 7.58. The zero-order valence-corrected chi connectivity index (χ0v) is 14.2. The van der Waals surface area contributed by atoms with Crippen LogP contribution in [0.1, 0.15) is 43.7 Å². The number of sulfonamides is 1. The number of rotatable bonds is 3. The molecule has 0 unspecified atom stereocenters. The molecule has 0 spiro atoms. The van der Waals surface area contributed by atoms with E-state index in [9.17, 15) is 8.42 Å². The van der Waals surface area contributed by atoms with Crippen LogP contribution < -0.4 is 5.73 Å². The Morgan fingerprint density at radius 3 is 2.29 bits per heavy atom. The van der Waals surface area contributed by atoms with E-state index in [-0.39, 0.29) is 6.04 Å². The summed E-state index contributed by atoms with van der Waals surface area (Å²) in [6.45, 7) is 5.88. The minimum atomic E-state index is -3.48. The molecule has 2 rings (SSSR count). The van der Waals surface area contributed by atoms with Crippen LogP contribution >= 0.6 is 0 Å². The van der Waals surface area contributed by atoms with Crippen molar-refractivity contribution in [1.82, 2.24) is 4.31 Å². The summed E-state index contributed by atoms with van der Waals surface area (Å²) in [4.78, 5) is 0.348. The molecule has 0 saturated heterocycles. The van der Waals surface area contributed by atoms with Gasteiger partial charge in [-0.25, -0.2) is 8.42 Å². The van der Waals surface area contributed by atoms with E-state index < -0.39 is 10.0 Å². The molecule has 118 valence electrons. The predicted molar refractivity (Wildman–Crippen MR) is 86.7 cm³/mol.